The summed E-state index contributed by atoms with van der Waals surface area (Å²) in [5.41, 5.74) is 4.97. The number of hydrogen-bond donors (Lipinski definition) is 1. The van der Waals surface area contributed by atoms with Gasteiger partial charge in [-0.3, -0.25) is 5.26 Å². The second-order valence-electron chi connectivity index (χ2n) is 4.02. The maximum absolute atomic E-state index is 8.68. The molecule has 0 spiro atoms. The van der Waals surface area contributed by atoms with Crippen molar-refractivity contribution in [3.8, 4) is 11.1 Å². The molecule has 80 valence electrons. The average Bonchev–Trinajstić information content (AvgIpc) is 2.66. The molecule has 0 bridgehead atoms. The van der Waals surface area contributed by atoms with Crippen LogP contribution in [0.1, 0.15) is 17.0 Å². The van der Waals surface area contributed by atoms with E-state index in [2.05, 4.69) is 29.2 Å². The normalized spacial score (nSPS) is 13.6. The Morgan fingerprint density at radius 3 is 1.88 bits per heavy atom. The minimum absolute atomic E-state index is 0.150. The standard InChI is InChI=1S/C14H12O2/c15-16-9-14-12-7-3-1-5-10(12)11-6-2-4-8-13(11)14/h1-8,14-15H,9H2. The van der Waals surface area contributed by atoms with Crippen molar-refractivity contribution in [3.63, 3.8) is 0 Å². The molecule has 2 aromatic rings. The molecule has 0 aromatic heterocycles. The molecule has 2 heteroatoms. The molecule has 0 radical (unpaired) electrons. The Balaban J connectivity index is 2.21. The van der Waals surface area contributed by atoms with E-state index in [-0.39, 0.29) is 5.92 Å². The van der Waals surface area contributed by atoms with Crippen LogP contribution in [-0.2, 0) is 4.89 Å². The molecule has 0 saturated carbocycles. The van der Waals surface area contributed by atoms with Gasteiger partial charge >= 0.3 is 0 Å². The molecule has 1 aliphatic carbocycles. The van der Waals surface area contributed by atoms with E-state index in [1.807, 2.05) is 24.3 Å². The summed E-state index contributed by atoms with van der Waals surface area (Å²) < 4.78 is 0. The van der Waals surface area contributed by atoms with Crippen molar-refractivity contribution in [2.75, 3.05) is 6.61 Å². The SMILES string of the molecule is OOCC1c2ccccc2-c2ccccc21. The van der Waals surface area contributed by atoms with Crippen LogP contribution in [0.25, 0.3) is 11.1 Å². The molecule has 0 fully saturated rings. The van der Waals surface area contributed by atoms with Crippen LogP contribution in [0.3, 0.4) is 0 Å². The first kappa shape index (κ1) is 9.58. The summed E-state index contributed by atoms with van der Waals surface area (Å²) in [6.07, 6.45) is 0. The molecule has 1 N–H and O–H groups in total. The van der Waals surface area contributed by atoms with Crippen LogP contribution < -0.4 is 0 Å². The number of hydrogen-bond acceptors (Lipinski definition) is 2. The lowest BCUT2D eigenvalue weighted by molar-refractivity contribution is -0.243. The van der Waals surface area contributed by atoms with Gasteiger partial charge in [0.05, 0.1) is 6.61 Å². The lowest BCUT2D eigenvalue weighted by atomic mass is 9.98. The number of fused-ring (bicyclic) bond motifs is 3. The fraction of sp³-hybridized carbons (Fsp3) is 0.143. The zero-order valence-electron chi connectivity index (χ0n) is 8.76. The van der Waals surface area contributed by atoms with Crippen molar-refractivity contribution in [1.29, 1.82) is 0 Å². The molecule has 0 aliphatic heterocycles. The fourth-order valence-corrected chi connectivity index (χ4v) is 2.51. The number of rotatable bonds is 2. The molecule has 0 amide bonds. The molecule has 1 aliphatic rings. The Hall–Kier alpha value is -1.64. The van der Waals surface area contributed by atoms with E-state index in [9.17, 15) is 0 Å². The van der Waals surface area contributed by atoms with E-state index in [0.717, 1.165) is 0 Å². The van der Waals surface area contributed by atoms with Crippen molar-refractivity contribution in [2.24, 2.45) is 0 Å². The van der Waals surface area contributed by atoms with Gasteiger partial charge in [0.2, 0.25) is 0 Å². The Morgan fingerprint density at radius 2 is 1.38 bits per heavy atom. The van der Waals surface area contributed by atoms with Crippen molar-refractivity contribution in [2.45, 2.75) is 5.92 Å². The topological polar surface area (TPSA) is 29.5 Å². The third-order valence-corrected chi connectivity index (χ3v) is 3.20. The monoisotopic (exact) mass is 212 g/mol. The van der Waals surface area contributed by atoms with E-state index in [1.165, 1.54) is 22.3 Å². The van der Waals surface area contributed by atoms with Crippen LogP contribution in [0.5, 0.6) is 0 Å². The number of benzene rings is 2. The highest BCUT2D eigenvalue weighted by atomic mass is 17.1. The first-order valence-corrected chi connectivity index (χ1v) is 5.36. The highest BCUT2D eigenvalue weighted by Gasteiger charge is 2.27. The maximum atomic E-state index is 8.68. The second kappa shape index (κ2) is 3.74. The summed E-state index contributed by atoms with van der Waals surface area (Å²) in [6.45, 7) is 0.314. The molecule has 3 rings (SSSR count). The highest BCUT2D eigenvalue weighted by Crippen LogP contribution is 2.44. The molecule has 2 aromatic carbocycles. The quantitative estimate of drug-likeness (QED) is 0.611. The molecule has 0 unspecified atom stereocenters. The Bertz CT molecular complexity index is 474. The molecule has 16 heavy (non-hydrogen) atoms. The van der Waals surface area contributed by atoms with E-state index in [4.69, 9.17) is 5.26 Å². The van der Waals surface area contributed by atoms with Crippen LogP contribution in [0.15, 0.2) is 48.5 Å². The van der Waals surface area contributed by atoms with Gasteiger partial charge < -0.3 is 0 Å². The molecular weight excluding hydrogens is 200 g/mol. The van der Waals surface area contributed by atoms with Crippen molar-refractivity contribution in [3.05, 3.63) is 59.7 Å². The Labute approximate surface area is 94.0 Å². The Morgan fingerprint density at radius 1 is 0.875 bits per heavy atom. The van der Waals surface area contributed by atoms with Crippen LogP contribution in [-0.4, -0.2) is 11.9 Å². The summed E-state index contributed by atoms with van der Waals surface area (Å²) in [5, 5.41) is 8.68. The lowest BCUT2D eigenvalue weighted by Gasteiger charge is -2.10. The molecule has 0 saturated heterocycles. The van der Waals surface area contributed by atoms with Crippen molar-refractivity contribution in [1.82, 2.24) is 0 Å². The van der Waals surface area contributed by atoms with E-state index in [0.29, 0.717) is 6.61 Å². The summed E-state index contributed by atoms with van der Waals surface area (Å²) in [7, 11) is 0. The third kappa shape index (κ3) is 1.28. The van der Waals surface area contributed by atoms with Gasteiger partial charge in [0, 0.05) is 5.92 Å². The largest absolute Gasteiger partial charge is 0.252 e. The van der Waals surface area contributed by atoms with Gasteiger partial charge in [-0.25, -0.2) is 4.89 Å². The fourth-order valence-electron chi connectivity index (χ4n) is 2.51. The van der Waals surface area contributed by atoms with Crippen LogP contribution in [0.4, 0.5) is 0 Å². The van der Waals surface area contributed by atoms with Gasteiger partial charge in [-0.15, -0.1) is 0 Å². The van der Waals surface area contributed by atoms with Crippen LogP contribution in [0.2, 0.25) is 0 Å². The zero-order valence-corrected chi connectivity index (χ0v) is 8.76. The van der Waals surface area contributed by atoms with Gasteiger partial charge in [-0.2, -0.15) is 0 Å². The predicted molar refractivity (Wildman–Crippen MR) is 62.3 cm³/mol. The van der Waals surface area contributed by atoms with E-state index in [1.54, 1.807) is 0 Å². The molecule has 0 atom stereocenters. The lowest BCUT2D eigenvalue weighted by Crippen LogP contribution is -2.04. The maximum Gasteiger partial charge on any atom is 0.0929 e. The summed E-state index contributed by atoms with van der Waals surface area (Å²) in [6, 6.07) is 16.6. The Kier molecular flexibility index (Phi) is 2.24. The predicted octanol–water partition coefficient (Wildman–Crippen LogP) is 3.29. The second-order valence-corrected chi connectivity index (χ2v) is 4.02. The van der Waals surface area contributed by atoms with Crippen LogP contribution >= 0.6 is 0 Å². The first-order valence-electron chi connectivity index (χ1n) is 5.36. The first-order chi connectivity index (χ1) is 7.92. The van der Waals surface area contributed by atoms with Crippen molar-refractivity contribution >= 4 is 0 Å². The van der Waals surface area contributed by atoms with Crippen LogP contribution in [0, 0.1) is 0 Å². The molecule has 2 nitrogen and oxygen atoms in total. The zero-order chi connectivity index (χ0) is 11.0. The molecule has 0 heterocycles. The van der Waals surface area contributed by atoms with Gasteiger partial charge in [0.1, 0.15) is 0 Å². The minimum Gasteiger partial charge on any atom is -0.252 e. The summed E-state index contributed by atoms with van der Waals surface area (Å²) >= 11 is 0. The van der Waals surface area contributed by atoms with Gasteiger partial charge in [-0.1, -0.05) is 48.5 Å². The van der Waals surface area contributed by atoms with E-state index < -0.39 is 0 Å². The van der Waals surface area contributed by atoms with Gasteiger partial charge in [-0.05, 0) is 22.3 Å². The summed E-state index contributed by atoms with van der Waals surface area (Å²) in [5.74, 6) is 0.150. The minimum atomic E-state index is 0.150. The smallest absolute Gasteiger partial charge is 0.0929 e. The molecular formula is C14H12O2. The van der Waals surface area contributed by atoms with Gasteiger partial charge in [0.25, 0.3) is 0 Å². The highest BCUT2D eigenvalue weighted by molar-refractivity contribution is 5.78. The van der Waals surface area contributed by atoms with Crippen molar-refractivity contribution < 1.29 is 10.1 Å². The van der Waals surface area contributed by atoms with Gasteiger partial charge in [0.15, 0.2) is 0 Å². The van der Waals surface area contributed by atoms with E-state index >= 15 is 0 Å². The average molecular weight is 212 g/mol. The summed E-state index contributed by atoms with van der Waals surface area (Å²) in [4.78, 5) is 4.34. The third-order valence-electron chi connectivity index (χ3n) is 3.20.